The van der Waals surface area contributed by atoms with E-state index in [2.05, 4.69) is 15.6 Å². The van der Waals surface area contributed by atoms with E-state index in [1.54, 1.807) is 30.6 Å². The summed E-state index contributed by atoms with van der Waals surface area (Å²) in [5.74, 6) is 0. The smallest absolute Gasteiger partial charge is 0.170 e. The molecule has 1 aromatic heterocycles. The maximum atomic E-state index is 6.05. The topological polar surface area (TPSA) is 37.0 Å². The van der Waals surface area contributed by atoms with Gasteiger partial charge in [-0.15, -0.1) is 0 Å². The van der Waals surface area contributed by atoms with Gasteiger partial charge in [0.05, 0.1) is 10.7 Å². The average molecular weight is 326 g/mol. The third-order valence-corrected chi connectivity index (χ3v) is 3.44. The van der Waals surface area contributed by atoms with Gasteiger partial charge >= 0.3 is 0 Å². The highest BCUT2D eigenvalue weighted by Gasteiger charge is 2.03. The molecule has 0 bridgehead atoms. The highest BCUT2D eigenvalue weighted by molar-refractivity contribution is 7.80. The minimum Gasteiger partial charge on any atom is -0.362 e. The van der Waals surface area contributed by atoms with Crippen molar-refractivity contribution in [3.05, 3.63) is 58.3 Å². The van der Waals surface area contributed by atoms with Crippen molar-refractivity contribution in [1.82, 2.24) is 10.3 Å². The van der Waals surface area contributed by atoms with Crippen LogP contribution in [0.1, 0.15) is 5.56 Å². The fourth-order valence-electron chi connectivity index (χ4n) is 1.63. The summed E-state index contributed by atoms with van der Waals surface area (Å²) in [7, 11) is 0. The molecule has 20 heavy (non-hydrogen) atoms. The molecule has 2 N–H and O–H groups in total. The van der Waals surface area contributed by atoms with E-state index >= 15 is 0 Å². The molecule has 2 rings (SSSR count). The summed E-state index contributed by atoms with van der Waals surface area (Å²) in [6.07, 6.45) is 4.42. The van der Waals surface area contributed by atoms with E-state index < -0.39 is 0 Å². The van der Waals surface area contributed by atoms with Gasteiger partial charge in [0, 0.05) is 24.0 Å². The molecule has 0 aliphatic carbocycles. The Morgan fingerprint density at radius 1 is 1.15 bits per heavy atom. The van der Waals surface area contributed by atoms with Crippen LogP contribution in [0.25, 0.3) is 0 Å². The number of nitrogens with zero attached hydrogens (tertiary/aromatic N) is 1. The monoisotopic (exact) mass is 325 g/mol. The molecular formula is C14H13Cl2N3S. The number of nitrogens with one attached hydrogen (secondary N) is 2. The summed E-state index contributed by atoms with van der Waals surface area (Å²) in [6, 6.07) is 9.15. The Morgan fingerprint density at radius 2 is 1.90 bits per heavy atom. The van der Waals surface area contributed by atoms with Crippen LogP contribution >= 0.6 is 35.4 Å². The fourth-order valence-corrected chi connectivity index (χ4v) is 2.18. The molecule has 0 aliphatic heterocycles. The number of rotatable bonds is 4. The third-order valence-electron chi connectivity index (χ3n) is 2.63. The zero-order valence-electron chi connectivity index (χ0n) is 10.6. The minimum atomic E-state index is 0.517. The second-order valence-electron chi connectivity index (χ2n) is 4.11. The number of thiocarbonyl (C=S) groups is 1. The van der Waals surface area contributed by atoms with Crippen molar-refractivity contribution in [3.8, 4) is 0 Å². The summed E-state index contributed by atoms with van der Waals surface area (Å²) in [5.41, 5.74) is 1.90. The van der Waals surface area contributed by atoms with E-state index in [-0.39, 0.29) is 0 Å². The molecule has 104 valence electrons. The first kappa shape index (κ1) is 15.0. The zero-order valence-corrected chi connectivity index (χ0v) is 12.9. The number of halogens is 2. The summed E-state index contributed by atoms with van der Waals surface area (Å²) in [4.78, 5) is 3.98. The molecule has 0 amide bonds. The summed E-state index contributed by atoms with van der Waals surface area (Å²) in [5, 5.41) is 7.85. The van der Waals surface area contributed by atoms with E-state index in [1.807, 2.05) is 12.1 Å². The van der Waals surface area contributed by atoms with Crippen LogP contribution in [0.4, 0.5) is 5.69 Å². The van der Waals surface area contributed by atoms with Crippen LogP contribution in [-0.4, -0.2) is 16.6 Å². The fraction of sp³-hybridized carbons (Fsp3) is 0.143. The Labute approximate surface area is 133 Å². The van der Waals surface area contributed by atoms with E-state index in [4.69, 9.17) is 35.4 Å². The molecule has 0 fully saturated rings. The summed E-state index contributed by atoms with van der Waals surface area (Å²) < 4.78 is 0. The number of hydrogen-bond acceptors (Lipinski definition) is 2. The quantitative estimate of drug-likeness (QED) is 0.835. The van der Waals surface area contributed by atoms with Gasteiger partial charge in [-0.1, -0.05) is 23.2 Å². The van der Waals surface area contributed by atoms with Crippen molar-refractivity contribution in [1.29, 1.82) is 0 Å². The molecule has 0 unspecified atom stereocenters. The van der Waals surface area contributed by atoms with Gasteiger partial charge in [-0.2, -0.15) is 0 Å². The highest BCUT2D eigenvalue weighted by atomic mass is 35.5. The summed E-state index contributed by atoms with van der Waals surface area (Å²) in [6.45, 7) is 0.730. The van der Waals surface area contributed by atoms with Crippen molar-refractivity contribution in [2.45, 2.75) is 6.42 Å². The van der Waals surface area contributed by atoms with Gasteiger partial charge in [0.15, 0.2) is 5.11 Å². The van der Waals surface area contributed by atoms with Crippen molar-refractivity contribution in [2.24, 2.45) is 0 Å². The number of anilines is 1. The Bertz CT molecular complexity index is 590. The maximum Gasteiger partial charge on any atom is 0.170 e. The van der Waals surface area contributed by atoms with Crippen LogP contribution in [-0.2, 0) is 6.42 Å². The van der Waals surface area contributed by atoms with E-state index in [0.29, 0.717) is 20.8 Å². The lowest BCUT2D eigenvalue weighted by molar-refractivity contribution is 0.871. The van der Waals surface area contributed by atoms with Gasteiger partial charge in [0.2, 0.25) is 0 Å². The Morgan fingerprint density at radius 3 is 2.65 bits per heavy atom. The predicted octanol–water partition coefficient (Wildman–Crippen LogP) is 3.92. The van der Waals surface area contributed by atoms with Crippen LogP contribution < -0.4 is 10.6 Å². The first-order chi connectivity index (χ1) is 9.65. The molecule has 2 aromatic rings. The number of aromatic nitrogens is 1. The van der Waals surface area contributed by atoms with Gasteiger partial charge in [0.1, 0.15) is 0 Å². The van der Waals surface area contributed by atoms with Gasteiger partial charge < -0.3 is 10.6 Å². The minimum absolute atomic E-state index is 0.517. The second-order valence-corrected chi connectivity index (χ2v) is 5.36. The van der Waals surface area contributed by atoms with Crippen LogP contribution in [0.3, 0.4) is 0 Å². The molecule has 0 aliphatic rings. The molecule has 0 saturated heterocycles. The standard InChI is InChI=1S/C14H13Cl2N3S/c15-11-1-2-12(16)13(9-11)19-14(20)18-8-5-10-3-6-17-7-4-10/h1-4,6-7,9H,5,8H2,(H2,18,19,20). The molecule has 6 heteroatoms. The predicted molar refractivity (Wildman–Crippen MR) is 88.6 cm³/mol. The molecule has 0 saturated carbocycles. The zero-order chi connectivity index (χ0) is 14.4. The Kier molecular flexibility index (Phi) is 5.59. The molecule has 1 heterocycles. The van der Waals surface area contributed by atoms with Crippen molar-refractivity contribution >= 4 is 46.2 Å². The molecular weight excluding hydrogens is 313 g/mol. The SMILES string of the molecule is S=C(NCCc1ccncc1)Nc1cc(Cl)ccc1Cl. The molecule has 0 atom stereocenters. The van der Waals surface area contributed by atoms with Crippen molar-refractivity contribution < 1.29 is 0 Å². The first-order valence-corrected chi connectivity index (χ1v) is 7.20. The van der Waals surface area contributed by atoms with Gasteiger partial charge in [-0.05, 0) is 54.5 Å². The van der Waals surface area contributed by atoms with Crippen LogP contribution in [0.2, 0.25) is 10.0 Å². The maximum absolute atomic E-state index is 6.05. The van der Waals surface area contributed by atoms with Crippen LogP contribution in [0.15, 0.2) is 42.7 Å². The average Bonchev–Trinajstić information content (AvgIpc) is 2.44. The van der Waals surface area contributed by atoms with Crippen LogP contribution in [0, 0.1) is 0 Å². The van der Waals surface area contributed by atoms with Gasteiger partial charge in [0.25, 0.3) is 0 Å². The second kappa shape index (κ2) is 7.43. The van der Waals surface area contributed by atoms with Gasteiger partial charge in [-0.25, -0.2) is 0 Å². The molecule has 1 aromatic carbocycles. The van der Waals surface area contributed by atoms with Crippen molar-refractivity contribution in [3.63, 3.8) is 0 Å². The van der Waals surface area contributed by atoms with Gasteiger partial charge in [-0.3, -0.25) is 4.98 Å². The third kappa shape index (κ3) is 4.63. The lowest BCUT2D eigenvalue weighted by atomic mass is 10.2. The molecule has 3 nitrogen and oxygen atoms in total. The highest BCUT2D eigenvalue weighted by Crippen LogP contribution is 2.25. The van der Waals surface area contributed by atoms with E-state index in [0.717, 1.165) is 13.0 Å². The molecule has 0 radical (unpaired) electrons. The largest absolute Gasteiger partial charge is 0.362 e. The summed E-state index contributed by atoms with van der Waals surface area (Å²) >= 11 is 17.2. The lowest BCUT2D eigenvalue weighted by Gasteiger charge is -2.12. The Hall–Kier alpha value is -1.36. The number of pyridine rings is 1. The van der Waals surface area contributed by atoms with Crippen LogP contribution in [0.5, 0.6) is 0 Å². The normalized spacial score (nSPS) is 10.1. The first-order valence-electron chi connectivity index (χ1n) is 6.04. The van der Waals surface area contributed by atoms with Crippen molar-refractivity contribution in [2.75, 3.05) is 11.9 Å². The van der Waals surface area contributed by atoms with E-state index in [9.17, 15) is 0 Å². The molecule has 0 spiro atoms. The van der Waals surface area contributed by atoms with E-state index in [1.165, 1.54) is 5.56 Å². The number of benzene rings is 1. The number of hydrogen-bond donors (Lipinski definition) is 2. The Balaban J connectivity index is 1.82. The lowest BCUT2D eigenvalue weighted by Crippen LogP contribution is -2.30.